The van der Waals surface area contributed by atoms with Gasteiger partial charge in [-0.2, -0.15) is 0 Å². The highest BCUT2D eigenvalue weighted by molar-refractivity contribution is 7.92. The van der Waals surface area contributed by atoms with Gasteiger partial charge in [-0.05, 0) is 62.1 Å². The van der Waals surface area contributed by atoms with Crippen molar-refractivity contribution in [3.05, 3.63) is 64.2 Å². The number of hydrogen-bond acceptors (Lipinski definition) is 4. The van der Waals surface area contributed by atoms with Crippen LogP contribution in [0.2, 0.25) is 5.02 Å². The van der Waals surface area contributed by atoms with Crippen LogP contribution < -0.4 is 9.62 Å². The van der Waals surface area contributed by atoms with E-state index in [1.165, 1.54) is 16.3 Å². The first kappa shape index (κ1) is 26.7. The fraction of sp³-hybridized carbons (Fsp3) is 0.417. The summed E-state index contributed by atoms with van der Waals surface area (Å²) >= 11 is 5.95. The molecular weight excluding hydrogens is 462 g/mol. The van der Waals surface area contributed by atoms with E-state index in [9.17, 15) is 18.0 Å². The van der Waals surface area contributed by atoms with Crippen molar-refractivity contribution in [2.75, 3.05) is 24.2 Å². The molecule has 0 saturated carbocycles. The molecule has 0 saturated heterocycles. The number of carbonyl (C=O) groups is 2. The van der Waals surface area contributed by atoms with Crippen LogP contribution in [0.5, 0.6) is 0 Å². The number of rotatable bonds is 10. The van der Waals surface area contributed by atoms with Crippen LogP contribution in [0, 0.1) is 13.8 Å². The number of sulfonamides is 1. The van der Waals surface area contributed by atoms with Gasteiger partial charge in [0.05, 0.1) is 11.9 Å². The SMILES string of the molecule is CNC(=O)[C@@H](C)N(Cc1ccc(Cl)cc1)C(=O)CCCN(c1cccc(C)c1C)S(C)(=O)=O. The number of nitrogens with zero attached hydrogens (tertiary/aromatic N) is 2. The number of nitrogens with one attached hydrogen (secondary N) is 1. The third-order valence-electron chi connectivity index (χ3n) is 5.68. The zero-order valence-electron chi connectivity index (χ0n) is 19.8. The van der Waals surface area contributed by atoms with Gasteiger partial charge in [-0.1, -0.05) is 35.9 Å². The Kier molecular flexibility index (Phi) is 9.31. The van der Waals surface area contributed by atoms with Gasteiger partial charge in [0.25, 0.3) is 0 Å². The Balaban J connectivity index is 2.17. The highest BCUT2D eigenvalue weighted by Crippen LogP contribution is 2.25. The second-order valence-corrected chi connectivity index (χ2v) is 10.4. The number of halogens is 1. The minimum atomic E-state index is -3.53. The number of carbonyl (C=O) groups excluding carboxylic acids is 2. The number of likely N-dealkylation sites (N-methyl/N-ethyl adjacent to an activating group) is 1. The van der Waals surface area contributed by atoms with E-state index < -0.39 is 16.1 Å². The molecule has 2 rings (SSSR count). The van der Waals surface area contributed by atoms with E-state index in [1.807, 2.05) is 38.1 Å². The lowest BCUT2D eigenvalue weighted by molar-refractivity contribution is -0.140. The maximum absolute atomic E-state index is 13.1. The zero-order valence-corrected chi connectivity index (χ0v) is 21.3. The quantitative estimate of drug-likeness (QED) is 0.547. The lowest BCUT2D eigenvalue weighted by Crippen LogP contribution is -2.46. The molecule has 0 aliphatic heterocycles. The first-order valence-electron chi connectivity index (χ1n) is 10.7. The summed E-state index contributed by atoms with van der Waals surface area (Å²) in [5, 5.41) is 3.17. The molecule has 0 aliphatic carbocycles. The molecule has 0 aliphatic rings. The van der Waals surface area contributed by atoms with Crippen molar-refractivity contribution in [3.63, 3.8) is 0 Å². The molecule has 0 aromatic heterocycles. The molecule has 0 unspecified atom stereocenters. The van der Waals surface area contributed by atoms with E-state index in [0.717, 1.165) is 22.9 Å². The number of benzene rings is 2. The third-order valence-corrected chi connectivity index (χ3v) is 7.11. The minimum Gasteiger partial charge on any atom is -0.357 e. The van der Waals surface area contributed by atoms with Gasteiger partial charge in [-0.3, -0.25) is 13.9 Å². The Morgan fingerprint density at radius 2 is 1.73 bits per heavy atom. The van der Waals surface area contributed by atoms with Crippen LogP contribution in [0.4, 0.5) is 5.69 Å². The first-order valence-corrected chi connectivity index (χ1v) is 13.0. The molecule has 0 fully saturated rings. The molecule has 2 aromatic rings. The maximum atomic E-state index is 13.1. The molecule has 2 aromatic carbocycles. The predicted octanol–water partition coefficient (Wildman–Crippen LogP) is 3.67. The van der Waals surface area contributed by atoms with E-state index in [0.29, 0.717) is 17.1 Å². The van der Waals surface area contributed by atoms with E-state index in [4.69, 9.17) is 11.6 Å². The smallest absolute Gasteiger partial charge is 0.242 e. The average Bonchev–Trinajstić information content (AvgIpc) is 2.76. The fourth-order valence-electron chi connectivity index (χ4n) is 3.57. The van der Waals surface area contributed by atoms with Gasteiger partial charge < -0.3 is 10.2 Å². The Morgan fingerprint density at radius 1 is 1.09 bits per heavy atom. The molecule has 0 spiro atoms. The second-order valence-electron chi connectivity index (χ2n) is 8.10. The van der Waals surface area contributed by atoms with Crippen molar-refractivity contribution in [2.45, 2.75) is 46.2 Å². The minimum absolute atomic E-state index is 0.103. The van der Waals surface area contributed by atoms with E-state index in [2.05, 4.69) is 5.32 Å². The molecule has 0 heterocycles. The Bertz CT molecular complexity index is 1090. The normalized spacial score (nSPS) is 12.2. The van der Waals surface area contributed by atoms with Crippen molar-refractivity contribution in [1.82, 2.24) is 10.2 Å². The molecule has 1 atom stereocenters. The standard InChI is InChI=1S/C24H32ClN3O4S/c1-17-8-6-9-22(18(17)2)28(33(5,31)32)15-7-10-23(29)27(19(3)24(30)26-4)16-20-11-13-21(25)14-12-20/h6,8-9,11-14,19H,7,10,15-16H2,1-5H3,(H,26,30)/t19-/m1/s1. The molecule has 2 amide bonds. The van der Waals surface area contributed by atoms with Gasteiger partial charge in [-0.15, -0.1) is 0 Å². The molecule has 0 radical (unpaired) electrons. The highest BCUT2D eigenvalue weighted by Gasteiger charge is 2.26. The first-order chi connectivity index (χ1) is 15.5. The second kappa shape index (κ2) is 11.5. The third kappa shape index (κ3) is 7.20. The van der Waals surface area contributed by atoms with Crippen molar-refractivity contribution >= 4 is 39.1 Å². The molecule has 9 heteroatoms. The summed E-state index contributed by atoms with van der Waals surface area (Å²) in [6, 6.07) is 11.9. The van der Waals surface area contributed by atoms with Crippen LogP contribution in [-0.2, 0) is 26.2 Å². The molecule has 180 valence electrons. The molecule has 33 heavy (non-hydrogen) atoms. The topological polar surface area (TPSA) is 86.8 Å². The van der Waals surface area contributed by atoms with Crippen molar-refractivity contribution in [3.8, 4) is 0 Å². The summed E-state index contributed by atoms with van der Waals surface area (Å²) in [6.07, 6.45) is 1.58. The van der Waals surface area contributed by atoms with E-state index >= 15 is 0 Å². The summed E-state index contributed by atoms with van der Waals surface area (Å²) in [6.45, 7) is 5.89. The van der Waals surface area contributed by atoms with Gasteiger partial charge in [-0.25, -0.2) is 8.42 Å². The lowest BCUT2D eigenvalue weighted by Gasteiger charge is -2.29. The zero-order chi connectivity index (χ0) is 24.8. The summed E-state index contributed by atoms with van der Waals surface area (Å²) in [5.41, 5.74) is 3.33. The molecular formula is C24H32ClN3O4S. The largest absolute Gasteiger partial charge is 0.357 e. The Labute approximate surface area is 201 Å². The summed E-state index contributed by atoms with van der Waals surface area (Å²) in [4.78, 5) is 26.9. The van der Waals surface area contributed by atoms with Gasteiger partial charge in [0.1, 0.15) is 6.04 Å². The van der Waals surface area contributed by atoms with Crippen LogP contribution in [0.3, 0.4) is 0 Å². The van der Waals surface area contributed by atoms with E-state index in [1.54, 1.807) is 25.1 Å². The molecule has 1 N–H and O–H groups in total. The van der Waals surface area contributed by atoms with Crippen molar-refractivity contribution in [2.24, 2.45) is 0 Å². The van der Waals surface area contributed by atoms with Gasteiger partial charge in [0, 0.05) is 31.6 Å². The average molecular weight is 494 g/mol. The summed E-state index contributed by atoms with van der Waals surface area (Å²) in [7, 11) is -2.00. The number of aryl methyl sites for hydroxylation is 1. The van der Waals surface area contributed by atoms with Gasteiger partial charge in [0.15, 0.2) is 0 Å². The monoisotopic (exact) mass is 493 g/mol. The number of hydrogen-bond donors (Lipinski definition) is 1. The maximum Gasteiger partial charge on any atom is 0.242 e. The van der Waals surface area contributed by atoms with Crippen LogP contribution in [0.1, 0.15) is 36.5 Å². The Hall–Kier alpha value is -2.58. The molecule has 0 bridgehead atoms. The van der Waals surface area contributed by atoms with Crippen LogP contribution in [0.15, 0.2) is 42.5 Å². The Morgan fingerprint density at radius 3 is 2.30 bits per heavy atom. The van der Waals surface area contributed by atoms with Crippen LogP contribution in [-0.4, -0.2) is 51.0 Å². The summed E-state index contributed by atoms with van der Waals surface area (Å²) < 4.78 is 26.3. The van der Waals surface area contributed by atoms with Crippen molar-refractivity contribution < 1.29 is 18.0 Å². The predicted molar refractivity (Wildman–Crippen MR) is 133 cm³/mol. The highest BCUT2D eigenvalue weighted by atomic mass is 35.5. The summed E-state index contributed by atoms with van der Waals surface area (Å²) in [5.74, 6) is -0.499. The van der Waals surface area contributed by atoms with Crippen LogP contribution in [0.25, 0.3) is 0 Å². The van der Waals surface area contributed by atoms with Gasteiger partial charge >= 0.3 is 0 Å². The van der Waals surface area contributed by atoms with Crippen molar-refractivity contribution in [1.29, 1.82) is 0 Å². The van der Waals surface area contributed by atoms with E-state index in [-0.39, 0.29) is 31.3 Å². The lowest BCUT2D eigenvalue weighted by atomic mass is 10.1. The fourth-order valence-corrected chi connectivity index (χ4v) is 4.71. The van der Waals surface area contributed by atoms with Gasteiger partial charge in [0.2, 0.25) is 21.8 Å². The number of amides is 2. The van der Waals surface area contributed by atoms with Crippen LogP contribution >= 0.6 is 11.6 Å². The molecule has 7 nitrogen and oxygen atoms in total. The number of anilines is 1.